The summed E-state index contributed by atoms with van der Waals surface area (Å²) < 4.78 is 3.67. The van der Waals surface area contributed by atoms with Crippen molar-refractivity contribution in [2.45, 2.75) is 32.9 Å². The van der Waals surface area contributed by atoms with Crippen LogP contribution in [0.3, 0.4) is 0 Å². The second-order valence-corrected chi connectivity index (χ2v) is 5.36. The molecule has 0 aliphatic rings. The fourth-order valence-corrected chi connectivity index (χ4v) is 2.73. The van der Waals surface area contributed by atoms with E-state index in [4.69, 9.17) is 17.3 Å². The van der Waals surface area contributed by atoms with Gasteiger partial charge in [-0.1, -0.05) is 11.6 Å². The van der Waals surface area contributed by atoms with Gasteiger partial charge in [0, 0.05) is 37.0 Å². The maximum Gasteiger partial charge on any atom is 0.0892 e. The number of nitrogens with zero attached hydrogens (tertiary/aromatic N) is 5. The van der Waals surface area contributed by atoms with Gasteiger partial charge in [0.05, 0.1) is 34.3 Å². The Bertz CT molecular complexity index is 775. The van der Waals surface area contributed by atoms with Crippen LogP contribution in [0.25, 0.3) is 5.52 Å². The van der Waals surface area contributed by atoms with Gasteiger partial charge in [-0.25, -0.2) is 4.52 Å². The van der Waals surface area contributed by atoms with Crippen molar-refractivity contribution in [1.29, 1.82) is 0 Å². The molecule has 7 heteroatoms. The molecule has 3 aromatic heterocycles. The Hall–Kier alpha value is -1.92. The molecule has 3 rings (SSSR count). The first-order valence-electron chi connectivity index (χ1n) is 6.86. The number of nitrogens with two attached hydrogens (primary N) is 1. The molecular formula is C14H17ClN6. The van der Waals surface area contributed by atoms with E-state index in [-0.39, 0.29) is 6.04 Å². The highest BCUT2D eigenvalue weighted by Crippen LogP contribution is 2.26. The lowest BCUT2D eigenvalue weighted by atomic mass is 10.0. The van der Waals surface area contributed by atoms with Crippen LogP contribution in [-0.2, 0) is 13.0 Å². The van der Waals surface area contributed by atoms with Gasteiger partial charge < -0.3 is 5.73 Å². The van der Waals surface area contributed by atoms with Gasteiger partial charge in [0.25, 0.3) is 0 Å². The number of hydrogen-bond acceptors (Lipinski definition) is 4. The van der Waals surface area contributed by atoms with Gasteiger partial charge in [-0.3, -0.25) is 9.67 Å². The number of rotatable bonds is 4. The maximum absolute atomic E-state index is 6.36. The lowest BCUT2D eigenvalue weighted by Crippen LogP contribution is -2.16. The first-order valence-corrected chi connectivity index (χ1v) is 7.24. The average molecular weight is 305 g/mol. The van der Waals surface area contributed by atoms with Crippen molar-refractivity contribution in [2.75, 3.05) is 0 Å². The highest BCUT2D eigenvalue weighted by Gasteiger charge is 2.19. The zero-order chi connectivity index (χ0) is 15.0. The van der Waals surface area contributed by atoms with Crippen LogP contribution in [0.15, 0.2) is 24.8 Å². The minimum absolute atomic E-state index is 0.203. The van der Waals surface area contributed by atoms with E-state index in [1.54, 1.807) is 29.3 Å². The van der Waals surface area contributed by atoms with Crippen molar-refractivity contribution in [3.63, 3.8) is 0 Å². The Morgan fingerprint density at radius 2 is 2.19 bits per heavy atom. The van der Waals surface area contributed by atoms with Crippen molar-refractivity contribution >= 4 is 17.1 Å². The number of fused-ring (bicyclic) bond motifs is 1. The third-order valence-corrected chi connectivity index (χ3v) is 4.11. The molecule has 6 nitrogen and oxygen atoms in total. The SMILES string of the molecule is CCn1nc(C)c(Cl)c1CC(N)c1cnn2ccncc12. The van der Waals surface area contributed by atoms with Gasteiger partial charge in [-0.15, -0.1) is 0 Å². The molecule has 2 N–H and O–H groups in total. The minimum Gasteiger partial charge on any atom is -0.324 e. The summed E-state index contributed by atoms with van der Waals surface area (Å²) in [6.07, 6.45) is 7.67. The number of halogens is 1. The molecule has 0 saturated heterocycles. The molecule has 0 amide bonds. The largest absolute Gasteiger partial charge is 0.324 e. The van der Waals surface area contributed by atoms with Crippen LogP contribution < -0.4 is 5.73 Å². The summed E-state index contributed by atoms with van der Waals surface area (Å²) in [6, 6.07) is -0.203. The van der Waals surface area contributed by atoms with E-state index >= 15 is 0 Å². The Morgan fingerprint density at radius 1 is 1.38 bits per heavy atom. The summed E-state index contributed by atoms with van der Waals surface area (Å²) in [4.78, 5) is 4.13. The van der Waals surface area contributed by atoms with E-state index in [0.29, 0.717) is 11.4 Å². The van der Waals surface area contributed by atoms with Crippen LogP contribution in [0.1, 0.15) is 29.9 Å². The fourth-order valence-electron chi connectivity index (χ4n) is 2.52. The van der Waals surface area contributed by atoms with Gasteiger partial charge >= 0.3 is 0 Å². The van der Waals surface area contributed by atoms with Crippen molar-refractivity contribution in [1.82, 2.24) is 24.4 Å². The van der Waals surface area contributed by atoms with E-state index < -0.39 is 0 Å². The van der Waals surface area contributed by atoms with E-state index in [2.05, 4.69) is 15.2 Å². The predicted molar refractivity (Wildman–Crippen MR) is 81.3 cm³/mol. The van der Waals surface area contributed by atoms with E-state index in [1.807, 2.05) is 18.5 Å². The molecule has 1 unspecified atom stereocenters. The summed E-state index contributed by atoms with van der Waals surface area (Å²) in [6.45, 7) is 4.71. The standard InChI is InChI=1S/C14H17ClN6/c1-3-20-12(14(15)9(2)19-20)6-11(16)10-7-18-21-5-4-17-8-13(10)21/h4-5,7-8,11H,3,6,16H2,1-2H3. The Labute approximate surface area is 127 Å². The summed E-state index contributed by atoms with van der Waals surface area (Å²) >= 11 is 6.34. The maximum atomic E-state index is 6.36. The van der Waals surface area contributed by atoms with E-state index in [1.165, 1.54) is 0 Å². The van der Waals surface area contributed by atoms with Crippen LogP contribution in [0.4, 0.5) is 0 Å². The van der Waals surface area contributed by atoms with Gasteiger partial charge in [0.1, 0.15) is 0 Å². The lowest BCUT2D eigenvalue weighted by Gasteiger charge is -2.12. The number of aromatic nitrogens is 5. The summed E-state index contributed by atoms with van der Waals surface area (Å²) in [5.74, 6) is 0. The Balaban J connectivity index is 1.95. The first kappa shape index (κ1) is 14.0. The average Bonchev–Trinajstić information content (AvgIpc) is 3.03. The van der Waals surface area contributed by atoms with Gasteiger partial charge in [-0.2, -0.15) is 10.2 Å². The molecular weight excluding hydrogens is 288 g/mol. The molecule has 21 heavy (non-hydrogen) atoms. The molecule has 0 aliphatic heterocycles. The summed E-state index contributed by atoms with van der Waals surface area (Å²) in [5, 5.41) is 9.41. The zero-order valence-electron chi connectivity index (χ0n) is 12.0. The van der Waals surface area contributed by atoms with Crippen LogP contribution >= 0.6 is 11.6 Å². The molecule has 0 radical (unpaired) electrons. The Kier molecular flexibility index (Phi) is 3.65. The summed E-state index contributed by atoms with van der Waals surface area (Å²) in [7, 11) is 0. The molecule has 3 heterocycles. The van der Waals surface area contributed by atoms with E-state index in [9.17, 15) is 0 Å². The molecule has 110 valence electrons. The second-order valence-electron chi connectivity index (χ2n) is 4.98. The van der Waals surface area contributed by atoms with Crippen molar-refractivity contribution in [3.8, 4) is 0 Å². The quantitative estimate of drug-likeness (QED) is 0.801. The van der Waals surface area contributed by atoms with Gasteiger partial charge in [0.15, 0.2) is 0 Å². The van der Waals surface area contributed by atoms with Crippen LogP contribution in [-0.4, -0.2) is 24.4 Å². The molecule has 0 bridgehead atoms. The molecule has 1 atom stereocenters. The smallest absolute Gasteiger partial charge is 0.0892 e. The number of hydrogen-bond donors (Lipinski definition) is 1. The normalized spacial score (nSPS) is 13.0. The second kappa shape index (κ2) is 5.46. The first-order chi connectivity index (χ1) is 10.1. The molecule has 0 spiro atoms. The van der Waals surface area contributed by atoms with Crippen molar-refractivity contribution < 1.29 is 0 Å². The van der Waals surface area contributed by atoms with Gasteiger partial charge in [-0.05, 0) is 13.8 Å². The van der Waals surface area contributed by atoms with Crippen LogP contribution in [0.2, 0.25) is 5.02 Å². The van der Waals surface area contributed by atoms with Crippen molar-refractivity contribution in [2.24, 2.45) is 5.73 Å². The highest BCUT2D eigenvalue weighted by molar-refractivity contribution is 6.31. The molecule has 0 saturated carbocycles. The highest BCUT2D eigenvalue weighted by atomic mass is 35.5. The summed E-state index contributed by atoms with van der Waals surface area (Å²) in [5.41, 5.74) is 10.0. The predicted octanol–water partition coefficient (Wildman–Crippen LogP) is 2.15. The molecule has 0 fully saturated rings. The lowest BCUT2D eigenvalue weighted by molar-refractivity contribution is 0.588. The van der Waals surface area contributed by atoms with E-state index in [0.717, 1.165) is 29.0 Å². The monoisotopic (exact) mass is 304 g/mol. The van der Waals surface area contributed by atoms with Crippen molar-refractivity contribution in [3.05, 3.63) is 46.8 Å². The van der Waals surface area contributed by atoms with Crippen LogP contribution in [0, 0.1) is 6.92 Å². The Morgan fingerprint density at radius 3 is 2.95 bits per heavy atom. The number of aryl methyl sites for hydroxylation is 2. The zero-order valence-corrected chi connectivity index (χ0v) is 12.7. The minimum atomic E-state index is -0.203. The third kappa shape index (κ3) is 2.41. The molecule has 3 aromatic rings. The van der Waals surface area contributed by atoms with Crippen LogP contribution in [0.5, 0.6) is 0 Å². The molecule has 0 aromatic carbocycles. The van der Waals surface area contributed by atoms with Gasteiger partial charge in [0.2, 0.25) is 0 Å². The molecule has 0 aliphatic carbocycles. The topological polar surface area (TPSA) is 74.0 Å². The third-order valence-electron chi connectivity index (χ3n) is 3.62. The fraction of sp³-hybridized carbons (Fsp3) is 0.357.